The molecule has 318 valence electrons. The molecule has 0 spiro atoms. The van der Waals surface area contributed by atoms with Crippen LogP contribution in [0.4, 0.5) is 0 Å². The molecule has 8 aromatic rings. The number of rotatable bonds is 8. The molecule has 0 amide bonds. The van der Waals surface area contributed by atoms with Crippen molar-refractivity contribution in [1.29, 1.82) is 0 Å². The van der Waals surface area contributed by atoms with Gasteiger partial charge < -0.3 is 24.8 Å². The summed E-state index contributed by atoms with van der Waals surface area (Å²) in [6, 6.07) is 62.4. The van der Waals surface area contributed by atoms with E-state index in [1.807, 2.05) is 0 Å². The standard InChI is InChI=1S/C33H33.C23H18.C5H5.2ClH.Zr/c1-32(2,3)30-20-26-24(18-28(30)22-13-9-7-10-14-22)17-25-19-29(23-15-11-8-12-16-23)31(21-27(25)26)33(4,5)6;1-3-16-22-18(8-1)10-5-12-20(22)14-7-15-21-13-6-11-19-9-2-4-17-23(19)21;1-2-4-5-3-1;;;/h7-16,18,20-21H,17H2,1-6H3;1-6,8-13,16-17H,14-15H2;1-5H;2*1H;/q;;;;;+2/p-2. The second-order valence-electron chi connectivity index (χ2n) is 19.6. The largest absolute Gasteiger partial charge is 1.00 e. The van der Waals surface area contributed by atoms with Crippen molar-refractivity contribution < 1.29 is 46.1 Å². The summed E-state index contributed by atoms with van der Waals surface area (Å²) >= 11 is -3.05. The Kier molecular flexibility index (Phi) is 13.2. The van der Waals surface area contributed by atoms with Crippen LogP contribution in [0, 0.1) is 0 Å². The van der Waals surface area contributed by atoms with Gasteiger partial charge in [-0.15, -0.1) is 0 Å². The van der Waals surface area contributed by atoms with Gasteiger partial charge in [0, 0.05) is 0 Å². The summed E-state index contributed by atoms with van der Waals surface area (Å²) in [5.74, 6) is 0. The van der Waals surface area contributed by atoms with Gasteiger partial charge in [0.25, 0.3) is 0 Å². The molecule has 2 aliphatic carbocycles. The van der Waals surface area contributed by atoms with Crippen molar-refractivity contribution >= 4 is 28.0 Å². The molecule has 0 atom stereocenters. The van der Waals surface area contributed by atoms with E-state index < -0.39 is 21.3 Å². The van der Waals surface area contributed by atoms with Gasteiger partial charge in [0.05, 0.1) is 0 Å². The van der Waals surface area contributed by atoms with Crippen LogP contribution < -0.4 is 28.1 Å². The Hall–Kier alpha value is -4.91. The second kappa shape index (κ2) is 18.5. The molecule has 0 N–H and O–H groups in total. The zero-order valence-electron chi connectivity index (χ0n) is 37.9. The molecule has 0 unspecified atom stereocenters. The number of hydrogen-bond acceptors (Lipinski definition) is 0. The van der Waals surface area contributed by atoms with E-state index in [1.54, 1.807) is 12.0 Å². The van der Waals surface area contributed by atoms with Gasteiger partial charge in [-0.2, -0.15) is 0 Å². The first-order valence-electron chi connectivity index (χ1n) is 22.5. The first-order valence-corrected chi connectivity index (χ1v) is 26.4. The number of fused-ring (bicyclic) bond motifs is 5. The first kappa shape index (κ1) is 45.7. The summed E-state index contributed by atoms with van der Waals surface area (Å²) in [4.78, 5) is 0. The third-order valence-corrected chi connectivity index (χ3v) is 21.4. The Balaban J connectivity index is 0.00000280. The third-order valence-electron chi connectivity index (χ3n) is 13.4. The predicted octanol–water partition coefficient (Wildman–Crippen LogP) is 9.32. The molecule has 0 nitrogen and oxygen atoms in total. The number of halogens is 2. The van der Waals surface area contributed by atoms with Crippen molar-refractivity contribution in [2.24, 2.45) is 0 Å². The van der Waals surface area contributed by atoms with E-state index in [2.05, 4.69) is 230 Å². The minimum absolute atomic E-state index is 0. The van der Waals surface area contributed by atoms with Crippen LogP contribution in [-0.2, 0) is 51.4 Å². The van der Waals surface area contributed by atoms with Crippen molar-refractivity contribution in [3.8, 4) is 33.4 Å². The normalized spacial score (nSPS) is 13.0. The Bertz CT molecular complexity index is 3000. The number of allylic oxidation sites excluding steroid dienone is 4. The van der Waals surface area contributed by atoms with Crippen LogP contribution in [0.15, 0.2) is 188 Å². The van der Waals surface area contributed by atoms with E-state index in [9.17, 15) is 0 Å². The van der Waals surface area contributed by atoms with Crippen LogP contribution in [0.1, 0.15) is 74.9 Å². The van der Waals surface area contributed by atoms with Crippen molar-refractivity contribution in [1.82, 2.24) is 0 Å². The van der Waals surface area contributed by atoms with E-state index in [-0.39, 0.29) is 35.6 Å². The topological polar surface area (TPSA) is 0 Å². The fourth-order valence-corrected chi connectivity index (χ4v) is 19.4. The summed E-state index contributed by atoms with van der Waals surface area (Å²) in [5.41, 5.74) is 17.1. The van der Waals surface area contributed by atoms with Crippen molar-refractivity contribution in [2.45, 2.75) is 75.3 Å². The molecule has 0 heterocycles. The number of hydrogen-bond donors (Lipinski definition) is 0. The molecule has 3 heteroatoms. The van der Waals surface area contributed by atoms with Gasteiger partial charge in [0.2, 0.25) is 0 Å². The summed E-state index contributed by atoms with van der Waals surface area (Å²) in [6.45, 7) is 14.5. The zero-order valence-corrected chi connectivity index (χ0v) is 41.8. The maximum absolute atomic E-state index is 3.05. The fraction of sp³-hybridized carbons (Fsp3) is 0.197. The summed E-state index contributed by atoms with van der Waals surface area (Å²) < 4.78 is 3.85. The molecule has 8 aromatic carbocycles. The van der Waals surface area contributed by atoms with Gasteiger partial charge in [-0.1, -0.05) is 0 Å². The van der Waals surface area contributed by atoms with Gasteiger partial charge in [-0.05, 0) is 0 Å². The predicted molar refractivity (Wildman–Crippen MR) is 265 cm³/mol. The molecule has 10 rings (SSSR count). The maximum Gasteiger partial charge on any atom is -1.00 e. The average molecular weight is 951 g/mol. The fourth-order valence-electron chi connectivity index (χ4n) is 10.5. The molecule has 0 aliphatic heterocycles. The molecule has 0 radical (unpaired) electrons. The summed E-state index contributed by atoms with van der Waals surface area (Å²) in [6.07, 6.45) is 12.7. The molecule has 64 heavy (non-hydrogen) atoms. The quantitative estimate of drug-likeness (QED) is 0.143. The summed E-state index contributed by atoms with van der Waals surface area (Å²) in [7, 11) is 0. The Labute approximate surface area is 401 Å². The Morgan fingerprint density at radius 2 is 0.984 bits per heavy atom. The van der Waals surface area contributed by atoms with Gasteiger partial charge in [0.1, 0.15) is 0 Å². The SMILES string of the molecule is CC(C)(C)c1cc2c(cc1-c1ccccc1)Cc1c-2cc(C(C)(C)C)c(-c2ccccc2)[c]1[Zr+2](=[C](Cc1cccc2ccccc12)Cc1cccc2ccccc12)[CH]1C=CC=C1.[Cl-].[Cl-]. The van der Waals surface area contributed by atoms with E-state index in [4.69, 9.17) is 0 Å². The van der Waals surface area contributed by atoms with E-state index in [1.165, 1.54) is 82.7 Å². The van der Waals surface area contributed by atoms with E-state index >= 15 is 0 Å². The monoisotopic (exact) mass is 948 g/mol. The van der Waals surface area contributed by atoms with E-state index in [0.717, 1.165) is 19.3 Å². The van der Waals surface area contributed by atoms with Crippen molar-refractivity contribution in [2.75, 3.05) is 0 Å². The Morgan fingerprint density at radius 3 is 1.53 bits per heavy atom. The molecule has 0 saturated carbocycles. The van der Waals surface area contributed by atoms with Gasteiger partial charge >= 0.3 is 379 Å². The minimum atomic E-state index is -3.05. The van der Waals surface area contributed by atoms with Crippen LogP contribution in [-0.4, -0.2) is 3.21 Å². The smallest absolute Gasteiger partial charge is 1.00 e. The number of benzene rings is 8. The molecule has 0 bridgehead atoms. The molecule has 0 saturated heterocycles. The van der Waals surface area contributed by atoms with Crippen molar-refractivity contribution in [3.05, 3.63) is 221 Å². The molecular formula is C61H56Cl2Zr. The maximum atomic E-state index is 2.64. The first-order chi connectivity index (χ1) is 30.0. The van der Waals surface area contributed by atoms with Crippen LogP contribution >= 0.6 is 0 Å². The zero-order chi connectivity index (χ0) is 42.6. The van der Waals surface area contributed by atoms with Crippen LogP contribution in [0.2, 0.25) is 3.63 Å². The second-order valence-corrected chi connectivity index (χ2v) is 26.2. The van der Waals surface area contributed by atoms with Crippen molar-refractivity contribution in [3.63, 3.8) is 0 Å². The molecular weight excluding hydrogens is 895 g/mol. The molecule has 0 fully saturated rings. The van der Waals surface area contributed by atoms with E-state index in [0.29, 0.717) is 3.63 Å². The van der Waals surface area contributed by atoms with Gasteiger partial charge in [-0.3, -0.25) is 0 Å². The molecule has 2 aliphatic rings. The van der Waals surface area contributed by atoms with Gasteiger partial charge in [-0.25, -0.2) is 0 Å². The summed E-state index contributed by atoms with van der Waals surface area (Å²) in [5, 5.41) is 5.39. The minimum Gasteiger partial charge on any atom is -1.00 e. The van der Waals surface area contributed by atoms with Gasteiger partial charge in [0.15, 0.2) is 0 Å². The molecule has 0 aromatic heterocycles. The van der Waals surface area contributed by atoms with Crippen LogP contribution in [0.3, 0.4) is 0 Å². The average Bonchev–Trinajstić information content (AvgIpc) is 3.94. The van der Waals surface area contributed by atoms with Crippen LogP contribution in [0.5, 0.6) is 0 Å². The van der Waals surface area contributed by atoms with Crippen LogP contribution in [0.25, 0.3) is 54.9 Å². The Morgan fingerprint density at radius 1 is 0.500 bits per heavy atom. The third kappa shape index (κ3) is 8.65.